The van der Waals surface area contributed by atoms with E-state index in [0.29, 0.717) is 0 Å². The average molecular weight is 405 g/mol. The summed E-state index contributed by atoms with van der Waals surface area (Å²) < 4.78 is 1.000. The first kappa shape index (κ1) is 15.2. The van der Waals surface area contributed by atoms with Crippen LogP contribution in [-0.4, -0.2) is 17.6 Å². The minimum atomic E-state index is -0.734. The molecule has 1 saturated carbocycles. The predicted octanol–water partition coefficient (Wildman–Crippen LogP) is 3.71. The first-order chi connectivity index (χ1) is 10.6. The van der Waals surface area contributed by atoms with Crippen LogP contribution in [0.4, 0.5) is 5.69 Å². The number of hydrogen-bond donors (Lipinski definition) is 1. The molecular formula is C18H16INO2. The molecule has 1 N–H and O–H groups in total. The minimum Gasteiger partial charge on any atom is -0.368 e. The Hall–Kier alpha value is -1.69. The zero-order valence-corrected chi connectivity index (χ0v) is 14.3. The van der Waals surface area contributed by atoms with Gasteiger partial charge in [-0.3, -0.25) is 9.59 Å². The van der Waals surface area contributed by atoms with E-state index in [-0.39, 0.29) is 23.9 Å². The fraction of sp³-hybridized carbons (Fsp3) is 0.222. The topological polar surface area (TPSA) is 46.2 Å². The number of ketones is 2. The molecule has 1 aliphatic carbocycles. The second-order valence-corrected chi connectivity index (χ2v) is 6.76. The molecule has 1 fully saturated rings. The van der Waals surface area contributed by atoms with Crippen molar-refractivity contribution in [2.24, 2.45) is 0 Å². The number of benzene rings is 2. The van der Waals surface area contributed by atoms with Gasteiger partial charge in [0.2, 0.25) is 0 Å². The molecule has 2 atom stereocenters. The van der Waals surface area contributed by atoms with Crippen molar-refractivity contribution >= 4 is 39.8 Å². The standard InChI is InChI=1S/C18H16INO2/c1-11-6-8-12(9-7-11)13-10-16(21)17(18(13)22)20-15-5-3-2-4-14(15)19/h2-9,13,17,20H,10H2,1H3/t13-,17-/m0/s1. The van der Waals surface area contributed by atoms with Gasteiger partial charge in [0.05, 0.1) is 5.92 Å². The van der Waals surface area contributed by atoms with Gasteiger partial charge in [0.15, 0.2) is 11.6 Å². The van der Waals surface area contributed by atoms with E-state index in [1.54, 1.807) is 0 Å². The van der Waals surface area contributed by atoms with E-state index in [1.807, 2.05) is 55.5 Å². The monoisotopic (exact) mass is 405 g/mol. The van der Waals surface area contributed by atoms with E-state index in [2.05, 4.69) is 27.9 Å². The largest absolute Gasteiger partial charge is 0.368 e. The summed E-state index contributed by atoms with van der Waals surface area (Å²) in [4.78, 5) is 24.9. The Morgan fingerprint density at radius 2 is 1.73 bits per heavy atom. The molecule has 0 amide bonds. The molecular weight excluding hydrogens is 389 g/mol. The number of hydrogen-bond acceptors (Lipinski definition) is 3. The number of nitrogens with one attached hydrogen (secondary N) is 1. The molecule has 0 heterocycles. The molecule has 2 aromatic rings. The lowest BCUT2D eigenvalue weighted by atomic mass is 9.95. The highest BCUT2D eigenvalue weighted by Gasteiger charge is 2.41. The summed E-state index contributed by atoms with van der Waals surface area (Å²) in [6.07, 6.45) is 0.281. The zero-order valence-electron chi connectivity index (χ0n) is 12.2. The Balaban J connectivity index is 1.83. The fourth-order valence-corrected chi connectivity index (χ4v) is 3.29. The lowest BCUT2D eigenvalue weighted by Gasteiger charge is -2.14. The van der Waals surface area contributed by atoms with Crippen LogP contribution in [0, 0.1) is 10.5 Å². The molecule has 0 spiro atoms. The molecule has 0 aromatic heterocycles. The Bertz CT molecular complexity index is 724. The molecule has 0 bridgehead atoms. The summed E-state index contributed by atoms with van der Waals surface area (Å²) in [5.41, 5.74) is 2.91. The van der Waals surface area contributed by atoms with E-state index >= 15 is 0 Å². The molecule has 112 valence electrons. The third-order valence-corrected chi connectivity index (χ3v) is 4.95. The molecule has 0 aliphatic heterocycles. The van der Waals surface area contributed by atoms with Crippen molar-refractivity contribution < 1.29 is 9.59 Å². The number of halogens is 1. The van der Waals surface area contributed by atoms with E-state index in [4.69, 9.17) is 0 Å². The summed E-state index contributed by atoms with van der Waals surface area (Å²) in [5.74, 6) is -0.393. The van der Waals surface area contributed by atoms with Crippen molar-refractivity contribution in [1.29, 1.82) is 0 Å². The number of Topliss-reactive ketones (excluding diaryl/α,β-unsaturated/α-hetero) is 2. The maximum Gasteiger partial charge on any atom is 0.170 e. The summed E-state index contributed by atoms with van der Waals surface area (Å²) in [5, 5.41) is 3.11. The average Bonchev–Trinajstić information content (AvgIpc) is 2.78. The van der Waals surface area contributed by atoms with Crippen LogP contribution >= 0.6 is 22.6 Å². The second kappa shape index (κ2) is 6.20. The summed E-state index contributed by atoms with van der Waals surface area (Å²) >= 11 is 2.20. The third-order valence-electron chi connectivity index (χ3n) is 4.01. The summed E-state index contributed by atoms with van der Waals surface area (Å²) in [6.45, 7) is 2.01. The Morgan fingerprint density at radius 3 is 2.41 bits per heavy atom. The van der Waals surface area contributed by atoms with Crippen molar-refractivity contribution in [1.82, 2.24) is 0 Å². The smallest absolute Gasteiger partial charge is 0.170 e. The van der Waals surface area contributed by atoms with Gasteiger partial charge in [0.1, 0.15) is 6.04 Å². The zero-order chi connectivity index (χ0) is 15.7. The van der Waals surface area contributed by atoms with E-state index in [9.17, 15) is 9.59 Å². The SMILES string of the molecule is Cc1ccc([C@@H]2CC(=O)[C@H](Nc3ccccc3I)C2=O)cc1. The number of rotatable bonds is 3. The Kier molecular flexibility index (Phi) is 4.29. The van der Waals surface area contributed by atoms with Crippen molar-refractivity contribution in [3.8, 4) is 0 Å². The van der Waals surface area contributed by atoms with Crippen LogP contribution < -0.4 is 5.32 Å². The lowest BCUT2D eigenvalue weighted by molar-refractivity contribution is -0.123. The summed E-state index contributed by atoms with van der Waals surface area (Å²) in [6, 6.07) is 14.8. The van der Waals surface area contributed by atoms with E-state index < -0.39 is 6.04 Å². The summed E-state index contributed by atoms with van der Waals surface area (Å²) in [7, 11) is 0. The van der Waals surface area contributed by atoms with E-state index in [0.717, 1.165) is 20.4 Å². The molecule has 0 unspecified atom stereocenters. The molecule has 3 nitrogen and oxygen atoms in total. The van der Waals surface area contributed by atoms with Gasteiger partial charge >= 0.3 is 0 Å². The molecule has 4 heteroatoms. The van der Waals surface area contributed by atoms with Crippen LogP contribution in [-0.2, 0) is 9.59 Å². The van der Waals surface area contributed by atoms with Gasteiger partial charge in [-0.2, -0.15) is 0 Å². The minimum absolute atomic E-state index is 0.0322. The van der Waals surface area contributed by atoms with Crippen LogP contribution in [0.15, 0.2) is 48.5 Å². The third kappa shape index (κ3) is 2.92. The van der Waals surface area contributed by atoms with Gasteiger partial charge in [-0.1, -0.05) is 42.0 Å². The van der Waals surface area contributed by atoms with Crippen LogP contribution in [0.1, 0.15) is 23.5 Å². The normalized spacial score (nSPS) is 21.2. The first-order valence-corrected chi connectivity index (χ1v) is 8.28. The van der Waals surface area contributed by atoms with Crippen LogP contribution in [0.25, 0.3) is 0 Å². The maximum absolute atomic E-state index is 12.6. The van der Waals surface area contributed by atoms with Crippen LogP contribution in [0.3, 0.4) is 0 Å². The van der Waals surface area contributed by atoms with E-state index in [1.165, 1.54) is 0 Å². The quantitative estimate of drug-likeness (QED) is 0.626. The molecule has 2 aromatic carbocycles. The van der Waals surface area contributed by atoms with Crippen LogP contribution in [0.5, 0.6) is 0 Å². The van der Waals surface area contributed by atoms with Crippen molar-refractivity contribution in [2.75, 3.05) is 5.32 Å². The number of aryl methyl sites for hydroxylation is 1. The highest BCUT2D eigenvalue weighted by molar-refractivity contribution is 14.1. The first-order valence-electron chi connectivity index (χ1n) is 7.20. The lowest BCUT2D eigenvalue weighted by Crippen LogP contribution is -2.32. The highest BCUT2D eigenvalue weighted by atomic mass is 127. The van der Waals surface area contributed by atoms with Gasteiger partial charge < -0.3 is 5.32 Å². The van der Waals surface area contributed by atoms with Gasteiger partial charge in [-0.25, -0.2) is 0 Å². The Labute approximate surface area is 143 Å². The molecule has 22 heavy (non-hydrogen) atoms. The van der Waals surface area contributed by atoms with Crippen molar-refractivity contribution in [2.45, 2.75) is 25.3 Å². The fourth-order valence-electron chi connectivity index (χ4n) is 2.75. The van der Waals surface area contributed by atoms with Gasteiger partial charge in [0, 0.05) is 15.7 Å². The molecule has 3 rings (SSSR count). The second-order valence-electron chi connectivity index (χ2n) is 5.59. The van der Waals surface area contributed by atoms with Gasteiger partial charge in [-0.15, -0.1) is 0 Å². The van der Waals surface area contributed by atoms with Crippen molar-refractivity contribution in [3.63, 3.8) is 0 Å². The van der Waals surface area contributed by atoms with Crippen molar-refractivity contribution in [3.05, 3.63) is 63.2 Å². The van der Waals surface area contributed by atoms with Crippen LogP contribution in [0.2, 0.25) is 0 Å². The molecule has 0 radical (unpaired) electrons. The Morgan fingerprint density at radius 1 is 1.05 bits per heavy atom. The number of carbonyl (C=O) groups is 2. The molecule has 0 saturated heterocycles. The maximum atomic E-state index is 12.6. The highest BCUT2D eigenvalue weighted by Crippen LogP contribution is 2.31. The number of carbonyl (C=O) groups excluding carboxylic acids is 2. The van der Waals surface area contributed by atoms with Gasteiger partial charge in [0.25, 0.3) is 0 Å². The van der Waals surface area contributed by atoms with Gasteiger partial charge in [-0.05, 0) is 47.2 Å². The number of anilines is 1. The number of para-hydroxylation sites is 1. The molecule has 1 aliphatic rings. The predicted molar refractivity (Wildman–Crippen MR) is 95.1 cm³/mol.